The van der Waals surface area contributed by atoms with Crippen LogP contribution in [-0.4, -0.2) is 36.5 Å². The van der Waals surface area contributed by atoms with E-state index < -0.39 is 0 Å². The predicted octanol–water partition coefficient (Wildman–Crippen LogP) is 1.67. The van der Waals surface area contributed by atoms with Crippen LogP contribution in [0.4, 0.5) is 0 Å². The van der Waals surface area contributed by atoms with Gasteiger partial charge >= 0.3 is 0 Å². The van der Waals surface area contributed by atoms with Crippen molar-refractivity contribution >= 4 is 5.91 Å². The van der Waals surface area contributed by atoms with Gasteiger partial charge in [0.2, 0.25) is 5.91 Å². The van der Waals surface area contributed by atoms with Crippen LogP contribution in [0.3, 0.4) is 0 Å². The predicted molar refractivity (Wildman–Crippen MR) is 69.8 cm³/mol. The topological polar surface area (TPSA) is 56.1 Å². The third-order valence-corrected chi connectivity index (χ3v) is 4.05. The molecule has 0 aromatic rings. The minimum absolute atomic E-state index is 0.0891. The van der Waals surface area contributed by atoms with E-state index in [4.69, 9.17) is 0 Å². The molecule has 2 rings (SSSR count). The molecule has 0 saturated heterocycles. The van der Waals surface area contributed by atoms with Gasteiger partial charge in [-0.05, 0) is 32.7 Å². The second-order valence-electron chi connectivity index (χ2n) is 5.70. The summed E-state index contributed by atoms with van der Waals surface area (Å²) >= 11 is 0. The second-order valence-corrected chi connectivity index (χ2v) is 5.70. The van der Waals surface area contributed by atoms with Gasteiger partial charge in [-0.3, -0.25) is 9.69 Å². The van der Waals surface area contributed by atoms with E-state index in [9.17, 15) is 10.1 Å². The molecule has 2 unspecified atom stereocenters. The number of hydrogen-bond donors (Lipinski definition) is 1. The van der Waals surface area contributed by atoms with Gasteiger partial charge in [-0.15, -0.1) is 0 Å². The van der Waals surface area contributed by atoms with Crippen LogP contribution in [0, 0.1) is 17.2 Å². The number of likely N-dealkylation sites (N-methyl/N-ethyl adjacent to an activating group) is 1. The third kappa shape index (κ3) is 3.71. The number of carbonyl (C=O) groups excluding carboxylic acids is 1. The first-order chi connectivity index (χ1) is 8.70. The lowest BCUT2D eigenvalue weighted by molar-refractivity contribution is -0.122. The SMILES string of the molecule is CN(CC(=O)NC1CC1)C1CCCCCC1C#N. The molecular weight excluding hydrogens is 226 g/mol. The highest BCUT2D eigenvalue weighted by Gasteiger charge is 2.29. The maximum absolute atomic E-state index is 11.8. The lowest BCUT2D eigenvalue weighted by Crippen LogP contribution is -2.43. The van der Waals surface area contributed by atoms with E-state index in [0.29, 0.717) is 12.6 Å². The van der Waals surface area contributed by atoms with Gasteiger partial charge in [0.15, 0.2) is 0 Å². The second kappa shape index (κ2) is 6.19. The average molecular weight is 249 g/mol. The van der Waals surface area contributed by atoms with Crippen molar-refractivity contribution in [1.82, 2.24) is 10.2 Å². The fourth-order valence-electron chi connectivity index (χ4n) is 2.81. The van der Waals surface area contributed by atoms with E-state index in [-0.39, 0.29) is 17.9 Å². The van der Waals surface area contributed by atoms with Crippen molar-refractivity contribution < 1.29 is 4.79 Å². The Bertz CT molecular complexity index is 332. The Morgan fingerprint density at radius 3 is 2.67 bits per heavy atom. The molecule has 2 saturated carbocycles. The summed E-state index contributed by atoms with van der Waals surface area (Å²) in [5.41, 5.74) is 0. The van der Waals surface area contributed by atoms with Gasteiger partial charge in [-0.2, -0.15) is 5.26 Å². The quantitative estimate of drug-likeness (QED) is 0.771. The zero-order valence-electron chi connectivity index (χ0n) is 11.2. The molecule has 0 aliphatic heterocycles. The molecule has 0 aromatic heterocycles. The van der Waals surface area contributed by atoms with E-state index in [2.05, 4.69) is 16.3 Å². The molecule has 18 heavy (non-hydrogen) atoms. The van der Waals surface area contributed by atoms with Crippen LogP contribution < -0.4 is 5.32 Å². The van der Waals surface area contributed by atoms with Crippen molar-refractivity contribution in [2.24, 2.45) is 5.92 Å². The first kappa shape index (κ1) is 13.4. The molecule has 2 aliphatic carbocycles. The molecule has 0 heterocycles. The van der Waals surface area contributed by atoms with Gasteiger partial charge in [0.05, 0.1) is 18.5 Å². The van der Waals surface area contributed by atoms with E-state index in [1.165, 1.54) is 12.8 Å². The minimum atomic E-state index is 0.0891. The molecule has 2 atom stereocenters. The minimum Gasteiger partial charge on any atom is -0.352 e. The van der Waals surface area contributed by atoms with Crippen LogP contribution in [0.2, 0.25) is 0 Å². The van der Waals surface area contributed by atoms with Crippen molar-refractivity contribution in [3.05, 3.63) is 0 Å². The van der Waals surface area contributed by atoms with Crippen LogP contribution in [0.25, 0.3) is 0 Å². The highest BCUT2D eigenvalue weighted by atomic mass is 16.2. The Labute approximate surface area is 109 Å². The van der Waals surface area contributed by atoms with Crippen molar-refractivity contribution in [2.45, 2.75) is 57.0 Å². The fraction of sp³-hybridized carbons (Fsp3) is 0.857. The first-order valence-electron chi connectivity index (χ1n) is 7.10. The Hall–Kier alpha value is -1.08. The van der Waals surface area contributed by atoms with Crippen molar-refractivity contribution in [1.29, 1.82) is 5.26 Å². The maximum Gasteiger partial charge on any atom is 0.234 e. The van der Waals surface area contributed by atoms with Crippen LogP contribution in [0.1, 0.15) is 44.9 Å². The molecule has 1 N–H and O–H groups in total. The molecule has 100 valence electrons. The number of nitriles is 1. The largest absolute Gasteiger partial charge is 0.352 e. The molecule has 2 aliphatic rings. The number of nitrogens with zero attached hydrogens (tertiary/aromatic N) is 2. The average Bonchev–Trinajstić information content (AvgIpc) is 3.13. The number of nitrogens with one attached hydrogen (secondary N) is 1. The molecule has 4 heteroatoms. The first-order valence-corrected chi connectivity index (χ1v) is 7.10. The number of amides is 1. The monoisotopic (exact) mass is 249 g/mol. The highest BCUT2D eigenvalue weighted by molar-refractivity contribution is 5.78. The number of rotatable bonds is 4. The Morgan fingerprint density at radius 2 is 2.00 bits per heavy atom. The van der Waals surface area contributed by atoms with Crippen LogP contribution >= 0.6 is 0 Å². The summed E-state index contributed by atoms with van der Waals surface area (Å²) in [5, 5.41) is 12.3. The molecular formula is C14H23N3O. The zero-order valence-corrected chi connectivity index (χ0v) is 11.2. The Balaban J connectivity index is 1.86. The molecule has 0 aromatic carbocycles. The third-order valence-electron chi connectivity index (χ3n) is 4.05. The highest BCUT2D eigenvalue weighted by Crippen LogP contribution is 2.26. The van der Waals surface area contributed by atoms with E-state index in [1.807, 2.05) is 7.05 Å². The summed E-state index contributed by atoms with van der Waals surface area (Å²) in [5.74, 6) is 0.201. The Morgan fingerprint density at radius 1 is 1.28 bits per heavy atom. The molecule has 4 nitrogen and oxygen atoms in total. The number of carbonyl (C=O) groups is 1. The molecule has 1 amide bonds. The molecule has 0 spiro atoms. The molecule has 0 bridgehead atoms. The van der Waals surface area contributed by atoms with Gasteiger partial charge in [-0.1, -0.05) is 19.3 Å². The van der Waals surface area contributed by atoms with Gasteiger partial charge in [0, 0.05) is 12.1 Å². The lowest BCUT2D eigenvalue weighted by atomic mass is 9.95. The number of hydrogen-bond acceptors (Lipinski definition) is 3. The van der Waals surface area contributed by atoms with Gasteiger partial charge in [-0.25, -0.2) is 0 Å². The van der Waals surface area contributed by atoms with Crippen LogP contribution in [-0.2, 0) is 4.79 Å². The fourth-order valence-corrected chi connectivity index (χ4v) is 2.81. The maximum atomic E-state index is 11.8. The lowest BCUT2D eigenvalue weighted by Gasteiger charge is -2.29. The van der Waals surface area contributed by atoms with Crippen molar-refractivity contribution in [3.63, 3.8) is 0 Å². The summed E-state index contributed by atoms with van der Waals surface area (Å²) in [7, 11) is 1.98. The van der Waals surface area contributed by atoms with E-state index in [0.717, 1.165) is 32.1 Å². The van der Waals surface area contributed by atoms with Crippen molar-refractivity contribution in [3.8, 4) is 6.07 Å². The van der Waals surface area contributed by atoms with Crippen molar-refractivity contribution in [2.75, 3.05) is 13.6 Å². The summed E-state index contributed by atoms with van der Waals surface area (Å²) < 4.78 is 0. The summed E-state index contributed by atoms with van der Waals surface area (Å²) in [4.78, 5) is 13.9. The zero-order chi connectivity index (χ0) is 13.0. The van der Waals surface area contributed by atoms with Crippen LogP contribution in [0.5, 0.6) is 0 Å². The molecule has 2 fully saturated rings. The molecule has 0 radical (unpaired) electrons. The van der Waals surface area contributed by atoms with Gasteiger partial charge in [0.1, 0.15) is 0 Å². The summed E-state index contributed by atoms with van der Waals surface area (Å²) in [6.07, 6.45) is 7.83. The van der Waals surface area contributed by atoms with Crippen LogP contribution in [0.15, 0.2) is 0 Å². The summed E-state index contributed by atoms with van der Waals surface area (Å²) in [6, 6.07) is 3.10. The standard InChI is InChI=1S/C14H23N3O/c1-17(10-14(18)16-12-7-8-12)13-6-4-2-3-5-11(13)9-15/h11-13H,2-8,10H2,1H3,(H,16,18). The van der Waals surface area contributed by atoms with E-state index in [1.54, 1.807) is 0 Å². The Kier molecular flexibility index (Phi) is 4.60. The smallest absolute Gasteiger partial charge is 0.234 e. The van der Waals surface area contributed by atoms with Gasteiger partial charge < -0.3 is 5.32 Å². The summed E-state index contributed by atoms with van der Waals surface area (Å²) in [6.45, 7) is 0.430. The normalized spacial score (nSPS) is 28.5. The van der Waals surface area contributed by atoms with Gasteiger partial charge in [0.25, 0.3) is 0 Å². The van der Waals surface area contributed by atoms with E-state index >= 15 is 0 Å².